The lowest BCUT2D eigenvalue weighted by molar-refractivity contribution is 0.0786. The zero-order chi connectivity index (χ0) is 22.2. The summed E-state index contributed by atoms with van der Waals surface area (Å²) in [4.78, 5) is 16.6. The van der Waals surface area contributed by atoms with Gasteiger partial charge in [-0.2, -0.15) is 0 Å². The van der Waals surface area contributed by atoms with Crippen LogP contribution in [0, 0.1) is 17.4 Å². The van der Waals surface area contributed by atoms with Crippen LogP contribution >= 0.6 is 22.6 Å². The van der Waals surface area contributed by atoms with Gasteiger partial charge in [-0.15, -0.1) is 0 Å². The van der Waals surface area contributed by atoms with Gasteiger partial charge in [-0.05, 0) is 68.0 Å². The van der Waals surface area contributed by atoms with Crippen LogP contribution in [0.2, 0.25) is 0 Å². The number of aryl methyl sites for hydroxylation is 3. The maximum absolute atomic E-state index is 12.4. The number of methoxy groups -OCH3 is 1. The largest absolute Gasteiger partial charge is 0.495 e. The van der Waals surface area contributed by atoms with E-state index in [1.54, 1.807) is 39.5 Å². The number of ether oxygens (including phenoxy) is 2. The van der Waals surface area contributed by atoms with Gasteiger partial charge >= 0.3 is 0 Å². The molecule has 7 heteroatoms. The molecular formula is C23H25IN2O4. The summed E-state index contributed by atoms with van der Waals surface area (Å²) < 4.78 is 13.9. The zero-order valence-electron chi connectivity index (χ0n) is 17.9. The highest BCUT2D eigenvalue weighted by Crippen LogP contribution is 2.42. The predicted molar refractivity (Wildman–Crippen MR) is 125 cm³/mol. The lowest BCUT2D eigenvalue weighted by Gasteiger charge is -2.22. The van der Waals surface area contributed by atoms with Gasteiger partial charge in [0.15, 0.2) is 0 Å². The highest BCUT2D eigenvalue weighted by Gasteiger charge is 2.23. The van der Waals surface area contributed by atoms with Crippen LogP contribution in [-0.2, 0) is 12.6 Å². The molecule has 0 saturated heterocycles. The highest BCUT2D eigenvalue weighted by atomic mass is 127. The first kappa shape index (κ1) is 22.3. The minimum Gasteiger partial charge on any atom is -0.495 e. The molecule has 2 aromatic heterocycles. The van der Waals surface area contributed by atoms with Crippen LogP contribution in [0.1, 0.15) is 30.5 Å². The fourth-order valence-electron chi connectivity index (χ4n) is 3.24. The van der Waals surface area contributed by atoms with E-state index < -0.39 is 5.60 Å². The van der Waals surface area contributed by atoms with Gasteiger partial charge in [0.1, 0.15) is 20.8 Å². The Hall–Kier alpha value is -2.39. The van der Waals surface area contributed by atoms with Crippen molar-refractivity contribution < 1.29 is 14.6 Å². The molecule has 0 radical (unpaired) electrons. The number of aromatic nitrogens is 2. The zero-order valence-corrected chi connectivity index (χ0v) is 20.1. The normalized spacial score (nSPS) is 11.5. The molecule has 0 aliphatic rings. The summed E-state index contributed by atoms with van der Waals surface area (Å²) in [7, 11) is 3.24. The maximum atomic E-state index is 12.4. The Balaban J connectivity index is 2.31. The summed E-state index contributed by atoms with van der Waals surface area (Å²) in [6, 6.07) is 5.54. The minimum atomic E-state index is -1.04. The van der Waals surface area contributed by atoms with Crippen LogP contribution in [0.5, 0.6) is 17.2 Å². The third-order valence-corrected chi connectivity index (χ3v) is 5.87. The van der Waals surface area contributed by atoms with Gasteiger partial charge in [0.25, 0.3) is 5.56 Å². The van der Waals surface area contributed by atoms with E-state index in [1.165, 1.54) is 11.7 Å². The van der Waals surface area contributed by atoms with Crippen molar-refractivity contribution in [2.75, 3.05) is 7.11 Å². The van der Waals surface area contributed by atoms with Crippen LogP contribution in [0.15, 0.2) is 41.6 Å². The van der Waals surface area contributed by atoms with Gasteiger partial charge in [-0.25, -0.2) is 0 Å². The van der Waals surface area contributed by atoms with Crippen molar-refractivity contribution in [2.24, 2.45) is 7.05 Å². The topological polar surface area (TPSA) is 73.6 Å². The van der Waals surface area contributed by atoms with E-state index in [9.17, 15) is 9.90 Å². The fraction of sp³-hybridized carbons (Fsp3) is 0.304. The molecule has 0 spiro atoms. The van der Waals surface area contributed by atoms with E-state index in [4.69, 9.17) is 9.47 Å². The SMILES string of the molecule is COc1c(-c2cc(C(C)(C)O)ccc2Oc2c(C)cncc2C)cn(C)c(=O)c1I. The molecule has 3 aromatic rings. The molecule has 0 fully saturated rings. The fourth-order valence-corrected chi connectivity index (χ4v) is 4.13. The number of aliphatic hydroxyl groups is 1. The van der Waals surface area contributed by atoms with Crippen LogP contribution < -0.4 is 15.0 Å². The van der Waals surface area contributed by atoms with Crippen LogP contribution in [0.4, 0.5) is 0 Å². The van der Waals surface area contributed by atoms with Crippen molar-refractivity contribution in [3.05, 3.63) is 67.4 Å². The standard InChI is InChI=1S/C23H25IN2O4/c1-13-10-25-11-14(2)20(13)30-18-8-7-15(23(3,4)28)9-16(18)17-12-26(5)22(27)19(24)21(17)29-6/h7-12,28H,1-6H3. The summed E-state index contributed by atoms with van der Waals surface area (Å²) >= 11 is 2.00. The van der Waals surface area contributed by atoms with Crippen molar-refractivity contribution in [1.29, 1.82) is 0 Å². The van der Waals surface area contributed by atoms with Gasteiger partial charge in [0.2, 0.25) is 0 Å². The first-order valence-electron chi connectivity index (χ1n) is 9.44. The van der Waals surface area contributed by atoms with E-state index in [1.807, 2.05) is 54.6 Å². The van der Waals surface area contributed by atoms with Gasteiger partial charge in [0.05, 0.1) is 12.7 Å². The molecule has 6 nitrogen and oxygen atoms in total. The van der Waals surface area contributed by atoms with E-state index in [-0.39, 0.29) is 5.56 Å². The van der Waals surface area contributed by atoms with E-state index in [2.05, 4.69) is 4.98 Å². The molecule has 0 aliphatic carbocycles. The molecule has 0 amide bonds. The number of benzene rings is 1. The number of hydrogen-bond acceptors (Lipinski definition) is 5. The molecule has 3 rings (SSSR count). The molecule has 30 heavy (non-hydrogen) atoms. The molecule has 0 saturated carbocycles. The van der Waals surface area contributed by atoms with Crippen LogP contribution in [0.25, 0.3) is 11.1 Å². The maximum Gasteiger partial charge on any atom is 0.267 e. The number of halogens is 1. The summed E-state index contributed by atoms with van der Waals surface area (Å²) in [5, 5.41) is 10.6. The first-order chi connectivity index (χ1) is 14.0. The molecular weight excluding hydrogens is 495 g/mol. The second-order valence-electron chi connectivity index (χ2n) is 7.78. The van der Waals surface area contributed by atoms with Gasteiger partial charge in [0, 0.05) is 47.9 Å². The lowest BCUT2D eigenvalue weighted by Crippen LogP contribution is -2.20. The first-order valence-corrected chi connectivity index (χ1v) is 10.5. The van der Waals surface area contributed by atoms with E-state index in [0.717, 1.165) is 28.0 Å². The number of pyridine rings is 2. The molecule has 1 aromatic carbocycles. The molecule has 0 bridgehead atoms. The van der Waals surface area contributed by atoms with Gasteiger partial charge < -0.3 is 19.1 Å². The Labute approximate surface area is 189 Å². The Bertz CT molecular complexity index is 1140. The average molecular weight is 520 g/mol. The van der Waals surface area contributed by atoms with Crippen molar-refractivity contribution in [3.63, 3.8) is 0 Å². The smallest absolute Gasteiger partial charge is 0.267 e. The van der Waals surface area contributed by atoms with Crippen molar-refractivity contribution in [2.45, 2.75) is 33.3 Å². The molecule has 0 unspecified atom stereocenters. The Kier molecular flexibility index (Phi) is 6.24. The third-order valence-electron chi connectivity index (χ3n) is 4.92. The molecule has 2 heterocycles. The van der Waals surface area contributed by atoms with Crippen molar-refractivity contribution >= 4 is 22.6 Å². The lowest BCUT2D eigenvalue weighted by atomic mass is 9.93. The Morgan fingerprint density at radius 1 is 1.10 bits per heavy atom. The monoisotopic (exact) mass is 520 g/mol. The summed E-state index contributed by atoms with van der Waals surface area (Å²) in [6.45, 7) is 7.34. The number of rotatable bonds is 5. The summed E-state index contributed by atoms with van der Waals surface area (Å²) in [6.07, 6.45) is 5.23. The molecule has 1 N–H and O–H groups in total. The van der Waals surface area contributed by atoms with Crippen LogP contribution in [-0.4, -0.2) is 21.8 Å². The minimum absolute atomic E-state index is 0.141. The number of nitrogens with zero attached hydrogens (tertiary/aromatic N) is 2. The Morgan fingerprint density at radius 3 is 2.30 bits per heavy atom. The van der Waals surface area contributed by atoms with Gasteiger partial charge in [-0.3, -0.25) is 9.78 Å². The van der Waals surface area contributed by atoms with E-state index in [0.29, 0.717) is 20.6 Å². The van der Waals surface area contributed by atoms with Crippen molar-refractivity contribution in [1.82, 2.24) is 9.55 Å². The quantitative estimate of drug-likeness (QED) is 0.494. The third kappa shape index (κ3) is 4.22. The molecule has 158 valence electrons. The van der Waals surface area contributed by atoms with Gasteiger partial charge in [-0.1, -0.05) is 6.07 Å². The molecule has 0 atom stereocenters. The summed E-state index contributed by atoms with van der Waals surface area (Å²) in [5.74, 6) is 1.79. The second-order valence-corrected chi connectivity index (χ2v) is 8.86. The average Bonchev–Trinajstić information content (AvgIpc) is 2.68. The van der Waals surface area contributed by atoms with Crippen molar-refractivity contribution in [3.8, 4) is 28.4 Å². The number of hydrogen-bond donors (Lipinski definition) is 1. The Morgan fingerprint density at radius 2 is 1.73 bits per heavy atom. The second kappa shape index (κ2) is 8.39. The highest BCUT2D eigenvalue weighted by molar-refractivity contribution is 14.1. The predicted octanol–water partition coefficient (Wildman–Crippen LogP) is 4.70. The van der Waals surface area contributed by atoms with E-state index >= 15 is 0 Å². The molecule has 0 aliphatic heterocycles. The summed E-state index contributed by atoms with van der Waals surface area (Å²) in [5.41, 5.74) is 2.78. The van der Waals surface area contributed by atoms with Crippen LogP contribution in [0.3, 0.4) is 0 Å².